The molecular formula is C27H26ClNO7. The number of halogens is 1. The van der Waals surface area contributed by atoms with Gasteiger partial charge in [-0.3, -0.25) is 4.79 Å². The third-order valence-electron chi connectivity index (χ3n) is 6.21. The minimum Gasteiger partial charge on any atom is -0.504 e. The molecule has 188 valence electrons. The molecule has 0 unspecified atom stereocenters. The maximum atomic E-state index is 13.9. The number of phenols is 4. The number of fused-ring (bicyclic) bond motifs is 1. The molecular weight excluding hydrogens is 486 g/mol. The second kappa shape index (κ2) is 10.4. The lowest BCUT2D eigenvalue weighted by Crippen LogP contribution is -2.52. The van der Waals surface area contributed by atoms with Crippen LogP contribution in [0.25, 0.3) is 0 Å². The van der Waals surface area contributed by atoms with Gasteiger partial charge in [-0.25, -0.2) is 4.79 Å². The number of aromatic hydroxyl groups is 4. The lowest BCUT2D eigenvalue weighted by atomic mass is 9.84. The Morgan fingerprint density at radius 2 is 1.67 bits per heavy atom. The van der Waals surface area contributed by atoms with E-state index in [0.717, 1.165) is 0 Å². The van der Waals surface area contributed by atoms with Crippen molar-refractivity contribution in [2.24, 2.45) is 0 Å². The first-order chi connectivity index (χ1) is 17.2. The molecule has 8 nitrogen and oxygen atoms in total. The summed E-state index contributed by atoms with van der Waals surface area (Å²) < 4.78 is 5.43. The summed E-state index contributed by atoms with van der Waals surface area (Å²) >= 11 is 6.34. The first-order valence-corrected chi connectivity index (χ1v) is 11.9. The Hall–Kier alpha value is -3.91. The third kappa shape index (κ3) is 4.90. The summed E-state index contributed by atoms with van der Waals surface area (Å²) in [7, 11) is 0. The molecule has 0 saturated heterocycles. The molecule has 4 rings (SSSR count). The number of phenolic OH excluding ortho intramolecular Hbond substituents is 4. The Kier molecular flexibility index (Phi) is 7.26. The molecule has 2 atom stereocenters. The SMILES string of the molecule is CCCOC(=O)[C@@H]1Cc2cc(O)c(O)cc2[C@H](Cc2ccc(O)c(O)c2)N1C(=O)c1ccccc1Cl. The number of benzene rings is 3. The number of nitrogens with zero attached hydrogens (tertiary/aromatic N) is 1. The molecule has 1 aliphatic rings. The third-order valence-corrected chi connectivity index (χ3v) is 6.54. The Bertz CT molecular complexity index is 1310. The van der Waals surface area contributed by atoms with E-state index in [-0.39, 0.29) is 53.0 Å². The normalized spacial score (nSPS) is 16.9. The molecule has 0 aliphatic carbocycles. The standard InChI is InChI=1S/C27H26ClNO7/c1-2-9-36-27(35)21-12-16-13-24(32)25(33)14-18(16)20(10-15-7-8-22(30)23(31)11-15)29(21)26(34)17-5-3-4-6-19(17)28/h3-8,11,13-14,20-21,30-33H,2,9-10,12H2,1H3/t20-,21-/m0/s1. The number of esters is 1. The number of amides is 1. The molecule has 36 heavy (non-hydrogen) atoms. The minimum absolute atomic E-state index is 0.0548. The van der Waals surface area contributed by atoms with E-state index < -0.39 is 24.0 Å². The van der Waals surface area contributed by atoms with E-state index in [0.29, 0.717) is 23.1 Å². The highest BCUT2D eigenvalue weighted by atomic mass is 35.5. The fourth-order valence-electron chi connectivity index (χ4n) is 4.48. The number of ether oxygens (including phenoxy) is 1. The van der Waals surface area contributed by atoms with Gasteiger partial charge in [0.05, 0.1) is 23.2 Å². The maximum absolute atomic E-state index is 13.9. The molecule has 1 aliphatic heterocycles. The molecule has 0 bridgehead atoms. The Morgan fingerprint density at radius 1 is 0.972 bits per heavy atom. The van der Waals surface area contributed by atoms with E-state index in [1.165, 1.54) is 29.2 Å². The first-order valence-electron chi connectivity index (χ1n) is 11.5. The average Bonchev–Trinajstić information content (AvgIpc) is 2.85. The second-order valence-electron chi connectivity index (χ2n) is 8.66. The lowest BCUT2D eigenvalue weighted by molar-refractivity contribution is -0.150. The van der Waals surface area contributed by atoms with Crippen LogP contribution in [0.15, 0.2) is 54.6 Å². The number of carbonyl (C=O) groups excluding carboxylic acids is 2. The fourth-order valence-corrected chi connectivity index (χ4v) is 4.69. The summed E-state index contributed by atoms with van der Waals surface area (Å²) in [4.78, 5) is 28.5. The highest BCUT2D eigenvalue weighted by molar-refractivity contribution is 6.33. The Morgan fingerprint density at radius 3 is 2.36 bits per heavy atom. The molecule has 1 heterocycles. The predicted molar refractivity (Wildman–Crippen MR) is 132 cm³/mol. The predicted octanol–water partition coefficient (Wildman–Crippen LogP) is 4.47. The minimum atomic E-state index is -1.03. The van der Waals surface area contributed by atoms with Gasteiger partial charge < -0.3 is 30.1 Å². The van der Waals surface area contributed by atoms with Gasteiger partial charge >= 0.3 is 5.97 Å². The Labute approximate surface area is 213 Å². The number of hydrogen-bond donors (Lipinski definition) is 4. The number of hydrogen-bond acceptors (Lipinski definition) is 7. The zero-order valence-electron chi connectivity index (χ0n) is 19.5. The number of rotatable bonds is 6. The van der Waals surface area contributed by atoms with Crippen molar-refractivity contribution in [2.75, 3.05) is 6.61 Å². The zero-order chi connectivity index (χ0) is 26.0. The van der Waals surface area contributed by atoms with Crippen LogP contribution in [0.3, 0.4) is 0 Å². The van der Waals surface area contributed by atoms with E-state index >= 15 is 0 Å². The van der Waals surface area contributed by atoms with Gasteiger partial charge in [0.2, 0.25) is 0 Å². The van der Waals surface area contributed by atoms with Crippen LogP contribution in [0.5, 0.6) is 23.0 Å². The molecule has 3 aromatic rings. The van der Waals surface area contributed by atoms with Crippen LogP contribution in [0.4, 0.5) is 0 Å². The van der Waals surface area contributed by atoms with E-state index in [4.69, 9.17) is 16.3 Å². The topological polar surface area (TPSA) is 128 Å². The zero-order valence-corrected chi connectivity index (χ0v) is 20.3. The smallest absolute Gasteiger partial charge is 0.329 e. The van der Waals surface area contributed by atoms with Gasteiger partial charge in [0, 0.05) is 6.42 Å². The van der Waals surface area contributed by atoms with Gasteiger partial charge in [0.25, 0.3) is 5.91 Å². The molecule has 3 aromatic carbocycles. The monoisotopic (exact) mass is 511 g/mol. The maximum Gasteiger partial charge on any atom is 0.329 e. The van der Waals surface area contributed by atoms with Crippen LogP contribution in [0.2, 0.25) is 5.02 Å². The van der Waals surface area contributed by atoms with Crippen molar-refractivity contribution in [2.45, 2.75) is 38.3 Å². The van der Waals surface area contributed by atoms with Crippen LogP contribution in [-0.4, -0.2) is 49.9 Å². The summed E-state index contributed by atoms with van der Waals surface area (Å²) in [5, 5.41) is 40.4. The van der Waals surface area contributed by atoms with Gasteiger partial charge in [0.1, 0.15) is 6.04 Å². The summed E-state index contributed by atoms with van der Waals surface area (Å²) in [6, 6.07) is 11.7. The first kappa shape index (κ1) is 25.2. The highest BCUT2D eigenvalue weighted by Crippen LogP contribution is 2.42. The van der Waals surface area contributed by atoms with Gasteiger partial charge in [-0.05, 0) is 65.9 Å². The van der Waals surface area contributed by atoms with Crippen LogP contribution >= 0.6 is 11.6 Å². The molecule has 1 amide bonds. The molecule has 0 aromatic heterocycles. The van der Waals surface area contributed by atoms with Crippen LogP contribution < -0.4 is 0 Å². The summed E-state index contributed by atoms with van der Waals surface area (Å²) in [5.74, 6) is -2.46. The lowest BCUT2D eigenvalue weighted by Gasteiger charge is -2.42. The summed E-state index contributed by atoms with van der Waals surface area (Å²) in [6.07, 6.45) is 0.774. The second-order valence-corrected chi connectivity index (χ2v) is 9.07. The van der Waals surface area contributed by atoms with Crippen molar-refractivity contribution in [3.05, 3.63) is 81.9 Å². The van der Waals surface area contributed by atoms with Crippen molar-refractivity contribution in [3.63, 3.8) is 0 Å². The van der Waals surface area contributed by atoms with Crippen molar-refractivity contribution in [1.82, 2.24) is 4.90 Å². The van der Waals surface area contributed by atoms with Crippen LogP contribution in [0, 0.1) is 0 Å². The summed E-state index contributed by atoms with van der Waals surface area (Å²) in [6.45, 7) is 2.03. The van der Waals surface area contributed by atoms with Crippen molar-refractivity contribution < 1.29 is 34.8 Å². The Balaban J connectivity index is 1.88. The highest BCUT2D eigenvalue weighted by Gasteiger charge is 2.43. The molecule has 0 saturated carbocycles. The van der Waals surface area contributed by atoms with Gasteiger partial charge in [-0.2, -0.15) is 0 Å². The summed E-state index contributed by atoms with van der Waals surface area (Å²) in [5.41, 5.74) is 1.85. The van der Waals surface area contributed by atoms with Crippen LogP contribution in [-0.2, 0) is 22.4 Å². The quantitative estimate of drug-likeness (QED) is 0.284. The molecule has 0 radical (unpaired) electrons. The van der Waals surface area contributed by atoms with Crippen molar-refractivity contribution in [1.29, 1.82) is 0 Å². The largest absolute Gasteiger partial charge is 0.504 e. The molecule has 9 heteroatoms. The molecule has 4 N–H and O–H groups in total. The van der Waals surface area contributed by atoms with E-state index in [9.17, 15) is 30.0 Å². The van der Waals surface area contributed by atoms with E-state index in [2.05, 4.69) is 0 Å². The van der Waals surface area contributed by atoms with E-state index in [1.54, 1.807) is 30.3 Å². The fraction of sp³-hybridized carbons (Fsp3) is 0.259. The van der Waals surface area contributed by atoms with Gasteiger partial charge in [-0.15, -0.1) is 0 Å². The van der Waals surface area contributed by atoms with E-state index in [1.807, 2.05) is 6.92 Å². The van der Waals surface area contributed by atoms with Crippen molar-refractivity contribution in [3.8, 4) is 23.0 Å². The molecule has 0 spiro atoms. The van der Waals surface area contributed by atoms with Gasteiger partial charge in [-0.1, -0.05) is 36.7 Å². The average molecular weight is 512 g/mol. The van der Waals surface area contributed by atoms with Crippen molar-refractivity contribution >= 4 is 23.5 Å². The molecule has 0 fully saturated rings. The number of carbonyl (C=O) groups is 2. The van der Waals surface area contributed by atoms with Crippen LogP contribution in [0.1, 0.15) is 46.4 Å². The van der Waals surface area contributed by atoms with Gasteiger partial charge in [0.15, 0.2) is 23.0 Å².